The summed E-state index contributed by atoms with van der Waals surface area (Å²) in [6.07, 6.45) is 4.26. The summed E-state index contributed by atoms with van der Waals surface area (Å²) < 4.78 is 7.24. The molecule has 0 bridgehead atoms. The molecule has 0 spiro atoms. The maximum absolute atomic E-state index is 11.2. The van der Waals surface area contributed by atoms with Crippen LogP contribution in [0.15, 0.2) is 36.8 Å². The van der Waals surface area contributed by atoms with E-state index in [0.717, 1.165) is 42.5 Å². The molecule has 41 heavy (non-hydrogen) atoms. The van der Waals surface area contributed by atoms with Crippen molar-refractivity contribution in [3.63, 3.8) is 0 Å². The molecule has 0 aliphatic heterocycles. The van der Waals surface area contributed by atoms with Gasteiger partial charge in [-0.25, -0.2) is 15.0 Å². The average molecular weight is 564 g/mol. The number of benzene rings is 1. The number of imidazole rings is 1. The predicted molar refractivity (Wildman–Crippen MR) is 161 cm³/mol. The van der Waals surface area contributed by atoms with Gasteiger partial charge in [-0.1, -0.05) is 26.8 Å². The Morgan fingerprint density at radius 2 is 1.93 bits per heavy atom. The second-order valence-corrected chi connectivity index (χ2v) is 12.9. The van der Waals surface area contributed by atoms with Crippen molar-refractivity contribution in [1.82, 2.24) is 29.4 Å². The van der Waals surface area contributed by atoms with E-state index in [9.17, 15) is 10.2 Å². The Morgan fingerprint density at radius 3 is 2.61 bits per heavy atom. The van der Waals surface area contributed by atoms with Crippen LogP contribution in [-0.4, -0.2) is 77.6 Å². The van der Waals surface area contributed by atoms with Crippen LogP contribution in [-0.2, 0) is 16.6 Å². The number of nitrogens with zero attached hydrogens (tertiary/aromatic N) is 5. The summed E-state index contributed by atoms with van der Waals surface area (Å²) in [5.41, 5.74) is 9.96. The van der Waals surface area contributed by atoms with Crippen LogP contribution in [0.25, 0.3) is 22.1 Å². The van der Waals surface area contributed by atoms with Gasteiger partial charge in [0.2, 0.25) is 0 Å². The molecule has 0 radical (unpaired) electrons. The van der Waals surface area contributed by atoms with E-state index in [2.05, 4.69) is 72.7 Å². The van der Waals surface area contributed by atoms with Gasteiger partial charge in [-0.15, -0.1) is 0 Å². The number of methoxy groups -OCH3 is 1. The molecule has 0 amide bonds. The van der Waals surface area contributed by atoms with Crippen molar-refractivity contribution in [3.8, 4) is 0 Å². The molecular weight excluding hydrogens is 518 g/mol. The van der Waals surface area contributed by atoms with Gasteiger partial charge < -0.3 is 30.2 Å². The lowest BCUT2D eigenvalue weighted by Gasteiger charge is -2.46. The summed E-state index contributed by atoms with van der Waals surface area (Å²) >= 11 is 0. The third-order valence-electron chi connectivity index (χ3n) is 8.74. The summed E-state index contributed by atoms with van der Waals surface area (Å²) in [5.74, 6) is 2.02. The average Bonchev–Trinajstić information content (AvgIpc) is 3.52. The summed E-state index contributed by atoms with van der Waals surface area (Å²) in [4.78, 5) is 19.0. The second kappa shape index (κ2) is 11.7. The van der Waals surface area contributed by atoms with Crippen molar-refractivity contribution in [3.05, 3.63) is 48.2 Å². The third-order valence-corrected chi connectivity index (χ3v) is 8.74. The molecule has 0 saturated heterocycles. The number of aliphatic hydroxyl groups excluding tert-OH is 2. The Balaban J connectivity index is 1.17. The number of ether oxygens (including phenoxy) is 1. The van der Waals surface area contributed by atoms with E-state index in [1.807, 2.05) is 0 Å². The Labute approximate surface area is 242 Å². The fourth-order valence-corrected chi connectivity index (χ4v) is 6.06. The second-order valence-electron chi connectivity index (χ2n) is 12.9. The maximum Gasteiger partial charge on any atom is 0.160 e. The minimum atomic E-state index is -1.24. The first-order valence-electron chi connectivity index (χ1n) is 14.7. The summed E-state index contributed by atoms with van der Waals surface area (Å²) in [7, 11) is 1.58. The molecule has 4 aromatic rings. The Hall–Kier alpha value is -3.05. The van der Waals surface area contributed by atoms with Gasteiger partial charge in [-0.2, -0.15) is 0 Å². The number of hydrogen-bond donors (Lipinski definition) is 4. The van der Waals surface area contributed by atoms with Crippen molar-refractivity contribution >= 4 is 27.9 Å². The van der Waals surface area contributed by atoms with Crippen molar-refractivity contribution in [2.45, 2.75) is 96.2 Å². The number of aryl methyl sites for hydroxylation is 1. The van der Waals surface area contributed by atoms with E-state index in [-0.39, 0.29) is 11.5 Å². The third kappa shape index (κ3) is 6.11. The van der Waals surface area contributed by atoms with E-state index in [4.69, 9.17) is 15.5 Å². The van der Waals surface area contributed by atoms with Crippen LogP contribution in [0.4, 0.5) is 5.82 Å². The van der Waals surface area contributed by atoms with Gasteiger partial charge in [0.15, 0.2) is 6.23 Å². The van der Waals surface area contributed by atoms with Crippen LogP contribution in [0.2, 0.25) is 0 Å². The number of anilines is 1. The Kier molecular flexibility index (Phi) is 8.39. The molecule has 5 N–H and O–H groups in total. The summed E-state index contributed by atoms with van der Waals surface area (Å²) in [6.45, 7) is 11.5. The van der Waals surface area contributed by atoms with Gasteiger partial charge in [0.25, 0.3) is 0 Å². The lowest BCUT2D eigenvalue weighted by Crippen LogP contribution is -2.53. The van der Waals surface area contributed by atoms with Crippen LogP contribution >= 0.6 is 0 Å². The first-order chi connectivity index (χ1) is 19.5. The van der Waals surface area contributed by atoms with Crippen LogP contribution in [0.5, 0.6) is 0 Å². The van der Waals surface area contributed by atoms with Gasteiger partial charge in [0.05, 0.1) is 16.4 Å². The minimum Gasteiger partial charge on any atom is -0.386 e. The molecule has 3 atom stereocenters. The highest BCUT2D eigenvalue weighted by atomic mass is 16.5. The van der Waals surface area contributed by atoms with E-state index in [1.165, 1.54) is 16.5 Å². The highest BCUT2D eigenvalue weighted by Crippen LogP contribution is 2.37. The van der Waals surface area contributed by atoms with Crippen LogP contribution in [0.3, 0.4) is 0 Å². The van der Waals surface area contributed by atoms with E-state index in [0.29, 0.717) is 35.4 Å². The Morgan fingerprint density at radius 1 is 1.17 bits per heavy atom. The molecule has 3 heterocycles. The molecule has 10 nitrogen and oxygen atoms in total. The van der Waals surface area contributed by atoms with E-state index >= 15 is 0 Å². The summed E-state index contributed by atoms with van der Waals surface area (Å²) in [6, 6.07) is 8.96. The van der Waals surface area contributed by atoms with Crippen molar-refractivity contribution < 1.29 is 14.9 Å². The molecule has 222 valence electrons. The first kappa shape index (κ1) is 29.4. The molecule has 1 aliphatic carbocycles. The smallest absolute Gasteiger partial charge is 0.160 e. The largest absolute Gasteiger partial charge is 0.386 e. The number of rotatable bonds is 11. The zero-order valence-corrected chi connectivity index (χ0v) is 25.1. The number of nitrogens with two attached hydrogens (primary N) is 1. The zero-order valence-electron chi connectivity index (χ0n) is 25.1. The molecule has 3 aromatic heterocycles. The maximum atomic E-state index is 11.2. The van der Waals surface area contributed by atoms with Gasteiger partial charge in [0, 0.05) is 38.4 Å². The molecular formula is C31H45N7O3. The van der Waals surface area contributed by atoms with E-state index < -0.39 is 18.4 Å². The first-order valence-corrected chi connectivity index (χ1v) is 14.7. The topological polar surface area (TPSA) is 138 Å². The number of aromatic nitrogens is 5. The number of aliphatic hydroxyl groups is 2. The highest BCUT2D eigenvalue weighted by Gasteiger charge is 2.38. The SMILES string of the molecule is CO[C@H](CN(C(C)C)[C@H]1C[C@H](CCc2nc3cc(C(C)(C)C)ccc3[nH]2)C1)[C@@H](O)[C@@H](O)n1ccc2c(N)ncnc21. The monoisotopic (exact) mass is 563 g/mol. The van der Waals surface area contributed by atoms with Crippen molar-refractivity contribution in [2.24, 2.45) is 5.92 Å². The van der Waals surface area contributed by atoms with Gasteiger partial charge >= 0.3 is 0 Å². The van der Waals surface area contributed by atoms with Crippen LogP contribution < -0.4 is 5.73 Å². The highest BCUT2D eigenvalue weighted by molar-refractivity contribution is 5.86. The Bertz CT molecular complexity index is 1470. The van der Waals surface area contributed by atoms with Crippen LogP contribution in [0.1, 0.15) is 71.5 Å². The fourth-order valence-electron chi connectivity index (χ4n) is 6.06. The quantitative estimate of drug-likeness (QED) is 0.213. The number of hydrogen-bond acceptors (Lipinski definition) is 8. The lowest BCUT2D eigenvalue weighted by molar-refractivity contribution is -0.119. The van der Waals surface area contributed by atoms with Crippen LogP contribution in [0, 0.1) is 5.92 Å². The molecule has 1 fully saturated rings. The predicted octanol–water partition coefficient (Wildman–Crippen LogP) is 4.18. The molecule has 5 rings (SSSR count). The van der Waals surface area contributed by atoms with Gasteiger partial charge in [-0.3, -0.25) is 4.90 Å². The van der Waals surface area contributed by atoms with Crippen molar-refractivity contribution in [1.29, 1.82) is 0 Å². The molecule has 1 aliphatic rings. The zero-order chi connectivity index (χ0) is 29.5. The number of nitrogens with one attached hydrogen (secondary N) is 1. The summed E-state index contributed by atoms with van der Waals surface area (Å²) in [5, 5.41) is 22.9. The number of fused-ring (bicyclic) bond motifs is 2. The molecule has 0 unspecified atom stereocenters. The van der Waals surface area contributed by atoms with Gasteiger partial charge in [0.1, 0.15) is 35.8 Å². The van der Waals surface area contributed by atoms with Gasteiger partial charge in [-0.05, 0) is 68.2 Å². The molecule has 10 heteroatoms. The number of H-pyrrole nitrogens is 1. The van der Waals surface area contributed by atoms with E-state index in [1.54, 1.807) is 19.4 Å². The molecule has 1 saturated carbocycles. The lowest BCUT2D eigenvalue weighted by atomic mass is 9.76. The molecule has 1 aromatic carbocycles. The number of nitrogen functional groups attached to an aromatic ring is 1. The normalized spacial score (nSPS) is 20.1. The van der Waals surface area contributed by atoms with Crippen molar-refractivity contribution in [2.75, 3.05) is 19.4 Å². The fraction of sp³-hybridized carbons (Fsp3) is 0.581. The minimum absolute atomic E-state index is 0.104. The number of aromatic amines is 1. The standard InChI is InChI=1S/C31H45N7O3/c1-18(2)38(16-25(41-6)27(39)30(40)37-12-11-22-28(32)33-17-34-29(22)37)21-13-19(14-21)7-10-26-35-23-9-8-20(31(3,4)5)15-24(23)36-26/h8-9,11-12,15,17-19,21,25,27,30,39-40H,7,10,13-14,16H2,1-6H3,(H,35,36)(H2,32,33,34)/t19-,21-,25-,27-,30-/m1/s1.